The first kappa shape index (κ1) is 21.8. The van der Waals surface area contributed by atoms with Gasteiger partial charge in [0.1, 0.15) is 5.75 Å². The second-order valence-corrected chi connectivity index (χ2v) is 8.32. The minimum atomic E-state index is -0.220. The molecule has 4 aromatic rings. The van der Waals surface area contributed by atoms with E-state index in [4.69, 9.17) is 4.74 Å². The lowest BCUT2D eigenvalue weighted by Crippen LogP contribution is -2.23. The summed E-state index contributed by atoms with van der Waals surface area (Å²) in [5, 5.41) is 3.05. The van der Waals surface area contributed by atoms with Crippen molar-refractivity contribution in [1.29, 1.82) is 0 Å². The molecular weight excluding hydrogens is 422 g/mol. The molecule has 164 valence electrons. The molecule has 1 heterocycles. The summed E-state index contributed by atoms with van der Waals surface area (Å²) in [7, 11) is 1.59. The second kappa shape index (κ2) is 9.36. The predicted molar refractivity (Wildman–Crippen MR) is 129 cm³/mol. The Balaban J connectivity index is 1.81. The van der Waals surface area contributed by atoms with E-state index in [1.165, 1.54) is 0 Å². The smallest absolute Gasteiger partial charge is 0.329 e. The van der Waals surface area contributed by atoms with E-state index in [1.807, 2.05) is 56.3 Å². The van der Waals surface area contributed by atoms with Crippen LogP contribution in [-0.4, -0.2) is 22.2 Å². The van der Waals surface area contributed by atoms with Gasteiger partial charge in [-0.3, -0.25) is 13.9 Å². The van der Waals surface area contributed by atoms with E-state index >= 15 is 0 Å². The molecule has 1 N–H and O–H groups in total. The Morgan fingerprint density at radius 3 is 2.16 bits per heavy atom. The average Bonchev–Trinajstić information content (AvgIpc) is 3.09. The number of methoxy groups -OCH3 is 1. The third-order valence-electron chi connectivity index (χ3n) is 5.32. The minimum absolute atomic E-state index is 0.0423. The van der Waals surface area contributed by atoms with Crippen LogP contribution < -0.4 is 15.7 Å². The molecule has 4 rings (SSSR count). The lowest BCUT2D eigenvalue weighted by molar-refractivity contribution is 0.102. The van der Waals surface area contributed by atoms with Gasteiger partial charge in [0.05, 0.1) is 23.8 Å². The monoisotopic (exact) mass is 447 g/mol. The zero-order valence-corrected chi connectivity index (χ0v) is 19.1. The zero-order valence-electron chi connectivity index (χ0n) is 18.3. The van der Waals surface area contributed by atoms with E-state index in [2.05, 4.69) is 5.32 Å². The van der Waals surface area contributed by atoms with Gasteiger partial charge in [-0.05, 0) is 62.4 Å². The fourth-order valence-corrected chi connectivity index (χ4v) is 4.63. The Kier molecular flexibility index (Phi) is 6.37. The van der Waals surface area contributed by atoms with E-state index in [-0.39, 0.29) is 11.6 Å². The number of carbonyl (C=O) groups is 1. The van der Waals surface area contributed by atoms with Crippen molar-refractivity contribution in [2.24, 2.45) is 0 Å². The third kappa shape index (κ3) is 4.16. The normalized spacial score (nSPS) is 11.0. The molecule has 0 saturated carbocycles. The van der Waals surface area contributed by atoms with Crippen molar-refractivity contribution < 1.29 is 9.53 Å². The van der Waals surface area contributed by atoms with Gasteiger partial charge in [0.25, 0.3) is 5.91 Å². The number of aryl methyl sites for hydroxylation is 2. The number of anilines is 1. The first-order chi connectivity index (χ1) is 15.5. The van der Waals surface area contributed by atoms with Crippen LogP contribution >= 0.6 is 11.8 Å². The molecule has 0 aliphatic rings. The lowest BCUT2D eigenvalue weighted by Gasteiger charge is -2.13. The van der Waals surface area contributed by atoms with E-state index in [1.54, 1.807) is 52.3 Å². The van der Waals surface area contributed by atoms with Crippen LogP contribution in [0.15, 0.2) is 81.3 Å². The number of carbonyl (C=O) groups excluding carboxylic acids is 1. The summed E-state index contributed by atoms with van der Waals surface area (Å²) in [6, 6.07) is 20.8. The van der Waals surface area contributed by atoms with Crippen molar-refractivity contribution in [3.8, 4) is 5.75 Å². The van der Waals surface area contributed by atoms with Gasteiger partial charge in [-0.15, -0.1) is 0 Å². The number of hydrogen-bond donors (Lipinski definition) is 1. The maximum Gasteiger partial charge on any atom is 0.329 e. The summed E-state index contributed by atoms with van der Waals surface area (Å²) in [6.07, 6.45) is 0. The molecule has 3 aromatic carbocycles. The van der Waals surface area contributed by atoms with E-state index < -0.39 is 0 Å². The molecule has 0 radical (unpaired) electrons. The lowest BCUT2D eigenvalue weighted by atomic mass is 10.2. The molecule has 0 bridgehead atoms. The Bertz CT molecular complexity index is 1310. The highest BCUT2D eigenvalue weighted by atomic mass is 32.2. The van der Waals surface area contributed by atoms with Crippen LogP contribution in [0.2, 0.25) is 0 Å². The number of nitrogens with zero attached hydrogens (tertiary/aromatic N) is 2. The molecule has 0 spiro atoms. The van der Waals surface area contributed by atoms with Crippen LogP contribution in [0.5, 0.6) is 5.75 Å². The number of hydrogen-bond acceptors (Lipinski definition) is 4. The van der Waals surface area contributed by atoms with Crippen molar-refractivity contribution >= 4 is 34.4 Å². The van der Waals surface area contributed by atoms with Gasteiger partial charge >= 0.3 is 5.69 Å². The molecule has 0 aliphatic heterocycles. The quantitative estimate of drug-likeness (QED) is 0.420. The SMILES string of the molecule is CCn1c(=O)n(CC)c2cc(Sc3ccccc3)c(NC(=O)c3ccc(OC)cc3)cc21. The van der Waals surface area contributed by atoms with Crippen LogP contribution in [0.1, 0.15) is 24.2 Å². The number of amides is 1. The Hall–Kier alpha value is -3.45. The van der Waals surface area contributed by atoms with Gasteiger partial charge in [0.2, 0.25) is 0 Å². The van der Waals surface area contributed by atoms with Gasteiger partial charge < -0.3 is 10.1 Å². The van der Waals surface area contributed by atoms with Crippen molar-refractivity contribution in [3.63, 3.8) is 0 Å². The first-order valence-electron chi connectivity index (χ1n) is 10.5. The molecule has 0 atom stereocenters. The minimum Gasteiger partial charge on any atom is -0.497 e. The second-order valence-electron chi connectivity index (χ2n) is 7.21. The van der Waals surface area contributed by atoms with Crippen LogP contribution in [0.4, 0.5) is 5.69 Å². The largest absolute Gasteiger partial charge is 0.497 e. The average molecular weight is 448 g/mol. The summed E-state index contributed by atoms with van der Waals surface area (Å²) in [5.41, 5.74) is 2.82. The number of aromatic nitrogens is 2. The number of rotatable bonds is 7. The number of ether oxygens (including phenoxy) is 1. The fourth-order valence-electron chi connectivity index (χ4n) is 3.69. The Labute approximate surface area is 190 Å². The Morgan fingerprint density at radius 2 is 1.56 bits per heavy atom. The van der Waals surface area contributed by atoms with Crippen molar-refractivity contribution in [1.82, 2.24) is 9.13 Å². The number of benzene rings is 3. The summed E-state index contributed by atoms with van der Waals surface area (Å²) in [6.45, 7) is 5.04. The zero-order chi connectivity index (χ0) is 22.7. The predicted octanol–water partition coefficient (Wildman–Crippen LogP) is 5.25. The molecule has 1 aromatic heterocycles. The highest BCUT2D eigenvalue weighted by Crippen LogP contribution is 2.36. The molecule has 32 heavy (non-hydrogen) atoms. The highest BCUT2D eigenvalue weighted by Gasteiger charge is 2.17. The Morgan fingerprint density at radius 1 is 0.938 bits per heavy atom. The van der Waals surface area contributed by atoms with Crippen LogP contribution in [-0.2, 0) is 13.1 Å². The fraction of sp³-hybridized carbons (Fsp3) is 0.200. The standard InChI is InChI=1S/C25H25N3O3S/c1-4-27-21-15-20(26-24(29)17-11-13-18(31-3)14-12-17)23(32-19-9-7-6-8-10-19)16-22(21)28(5-2)25(27)30/h6-16H,4-5H2,1-3H3,(H,26,29). The highest BCUT2D eigenvalue weighted by molar-refractivity contribution is 7.99. The maximum absolute atomic E-state index is 13.0. The molecule has 0 fully saturated rings. The van der Waals surface area contributed by atoms with Gasteiger partial charge in [0, 0.05) is 28.4 Å². The first-order valence-corrected chi connectivity index (χ1v) is 11.3. The van der Waals surface area contributed by atoms with Crippen molar-refractivity contribution in [2.75, 3.05) is 12.4 Å². The van der Waals surface area contributed by atoms with Crippen LogP contribution in [0.25, 0.3) is 11.0 Å². The van der Waals surface area contributed by atoms with Crippen molar-refractivity contribution in [2.45, 2.75) is 36.7 Å². The van der Waals surface area contributed by atoms with E-state index in [0.29, 0.717) is 30.1 Å². The van der Waals surface area contributed by atoms with Crippen LogP contribution in [0, 0.1) is 0 Å². The molecule has 7 heteroatoms. The molecule has 6 nitrogen and oxygen atoms in total. The van der Waals surface area contributed by atoms with Crippen molar-refractivity contribution in [3.05, 3.63) is 82.8 Å². The maximum atomic E-state index is 13.0. The molecular formula is C25H25N3O3S. The number of fused-ring (bicyclic) bond motifs is 1. The van der Waals surface area contributed by atoms with Gasteiger partial charge in [-0.25, -0.2) is 4.79 Å². The topological polar surface area (TPSA) is 65.3 Å². The number of nitrogens with one attached hydrogen (secondary N) is 1. The molecule has 0 aliphatic carbocycles. The summed E-state index contributed by atoms with van der Waals surface area (Å²) < 4.78 is 8.68. The summed E-state index contributed by atoms with van der Waals surface area (Å²) in [4.78, 5) is 27.8. The molecule has 0 unspecified atom stereocenters. The van der Waals surface area contributed by atoms with E-state index in [9.17, 15) is 9.59 Å². The van der Waals surface area contributed by atoms with Crippen LogP contribution in [0.3, 0.4) is 0 Å². The summed E-state index contributed by atoms with van der Waals surface area (Å²) >= 11 is 1.55. The third-order valence-corrected chi connectivity index (χ3v) is 6.39. The van der Waals surface area contributed by atoms with Gasteiger partial charge in [0.15, 0.2) is 0 Å². The number of imidazole rings is 1. The van der Waals surface area contributed by atoms with Gasteiger partial charge in [-0.1, -0.05) is 30.0 Å². The molecule has 1 amide bonds. The molecule has 0 saturated heterocycles. The van der Waals surface area contributed by atoms with E-state index in [0.717, 1.165) is 20.8 Å². The summed E-state index contributed by atoms with van der Waals surface area (Å²) in [5.74, 6) is 0.471. The van der Waals surface area contributed by atoms with Gasteiger partial charge in [-0.2, -0.15) is 0 Å².